The van der Waals surface area contributed by atoms with Crippen LogP contribution in [0.15, 0.2) is 17.0 Å². The lowest BCUT2D eigenvalue weighted by Crippen LogP contribution is -2.41. The first-order chi connectivity index (χ1) is 8.04. The van der Waals surface area contributed by atoms with Gasteiger partial charge in [0.25, 0.3) is 0 Å². The quantitative estimate of drug-likeness (QED) is 0.874. The highest BCUT2D eigenvalue weighted by atomic mass is 32.2. The summed E-state index contributed by atoms with van der Waals surface area (Å²) in [5.41, 5.74) is 4.03. The number of aliphatic hydroxyl groups is 1. The van der Waals surface area contributed by atoms with Gasteiger partial charge in [-0.25, -0.2) is 0 Å². The van der Waals surface area contributed by atoms with Crippen molar-refractivity contribution in [2.45, 2.75) is 43.4 Å². The van der Waals surface area contributed by atoms with Crippen molar-refractivity contribution in [3.8, 4) is 0 Å². The molecule has 0 bridgehead atoms. The Bertz CT molecular complexity index is 419. The topological polar surface area (TPSA) is 23.5 Å². The van der Waals surface area contributed by atoms with E-state index in [1.807, 2.05) is 11.8 Å². The van der Waals surface area contributed by atoms with Gasteiger partial charge in [0.1, 0.15) is 0 Å². The standard InChI is InChI=1S/C14H21NOS/c1-9-7-10(2)14-13(8-9)17-12(5-6-16)11(3)15(14)4/h7-8,11-12,16H,5-6H2,1-4H3. The van der Waals surface area contributed by atoms with Crippen LogP contribution in [-0.4, -0.2) is 30.1 Å². The minimum Gasteiger partial charge on any atom is -0.396 e. The number of hydrogen-bond acceptors (Lipinski definition) is 3. The Hall–Kier alpha value is -0.670. The van der Waals surface area contributed by atoms with Crippen molar-refractivity contribution in [1.82, 2.24) is 0 Å². The second kappa shape index (κ2) is 4.91. The minimum absolute atomic E-state index is 0.274. The lowest BCUT2D eigenvalue weighted by atomic mass is 10.1. The third-order valence-corrected chi connectivity index (χ3v) is 5.10. The van der Waals surface area contributed by atoms with Gasteiger partial charge < -0.3 is 10.0 Å². The molecule has 2 unspecified atom stereocenters. The molecule has 0 radical (unpaired) electrons. The van der Waals surface area contributed by atoms with Gasteiger partial charge in [-0.15, -0.1) is 11.8 Å². The molecule has 0 aromatic heterocycles. The number of rotatable bonds is 2. The summed E-state index contributed by atoms with van der Waals surface area (Å²) in [6.07, 6.45) is 0.864. The van der Waals surface area contributed by atoms with Crippen LogP contribution in [0.3, 0.4) is 0 Å². The Balaban J connectivity index is 2.41. The summed E-state index contributed by atoms with van der Waals surface area (Å²) in [7, 11) is 2.16. The number of nitrogens with zero attached hydrogens (tertiary/aromatic N) is 1. The number of benzene rings is 1. The molecule has 2 rings (SSSR count). The predicted octanol–water partition coefficient (Wildman–Crippen LogP) is 2.98. The molecule has 0 amide bonds. The fraction of sp³-hybridized carbons (Fsp3) is 0.571. The minimum atomic E-state index is 0.274. The van der Waals surface area contributed by atoms with E-state index in [0.717, 1.165) is 6.42 Å². The van der Waals surface area contributed by atoms with Crippen molar-refractivity contribution in [1.29, 1.82) is 0 Å². The first-order valence-corrected chi connectivity index (χ1v) is 7.04. The van der Waals surface area contributed by atoms with Gasteiger partial charge in [-0.05, 0) is 44.4 Å². The van der Waals surface area contributed by atoms with Crippen LogP contribution in [0.2, 0.25) is 0 Å². The molecule has 17 heavy (non-hydrogen) atoms. The third-order valence-electron chi connectivity index (χ3n) is 3.60. The Morgan fingerprint density at radius 1 is 1.35 bits per heavy atom. The molecule has 0 fully saturated rings. The maximum Gasteiger partial charge on any atom is 0.0534 e. The molecular formula is C14H21NOS. The second-order valence-corrected chi connectivity index (χ2v) is 6.23. The van der Waals surface area contributed by atoms with E-state index >= 15 is 0 Å². The van der Waals surface area contributed by atoms with Gasteiger partial charge in [0.2, 0.25) is 0 Å². The molecule has 1 aliphatic heterocycles. The molecule has 2 atom stereocenters. The fourth-order valence-corrected chi connectivity index (χ4v) is 4.20. The van der Waals surface area contributed by atoms with Crippen LogP contribution in [0, 0.1) is 13.8 Å². The molecule has 0 spiro atoms. The van der Waals surface area contributed by atoms with E-state index in [1.54, 1.807) is 0 Å². The van der Waals surface area contributed by atoms with E-state index in [4.69, 9.17) is 5.11 Å². The molecule has 3 heteroatoms. The van der Waals surface area contributed by atoms with E-state index in [1.165, 1.54) is 21.7 Å². The zero-order chi connectivity index (χ0) is 12.6. The van der Waals surface area contributed by atoms with Gasteiger partial charge in [0, 0.05) is 29.8 Å². The van der Waals surface area contributed by atoms with E-state index in [-0.39, 0.29) is 6.61 Å². The summed E-state index contributed by atoms with van der Waals surface area (Å²) in [5, 5.41) is 9.63. The number of fused-ring (bicyclic) bond motifs is 1. The van der Waals surface area contributed by atoms with E-state index in [0.29, 0.717) is 11.3 Å². The molecule has 94 valence electrons. The van der Waals surface area contributed by atoms with Gasteiger partial charge in [-0.1, -0.05) is 6.07 Å². The SMILES string of the molecule is Cc1cc(C)c2c(c1)SC(CCO)C(C)N2C. The fourth-order valence-electron chi connectivity index (χ4n) is 2.60. The number of aliphatic hydroxyl groups excluding tert-OH is 1. The van der Waals surface area contributed by atoms with Crippen LogP contribution in [0.4, 0.5) is 5.69 Å². The van der Waals surface area contributed by atoms with Crippen molar-refractivity contribution in [2.75, 3.05) is 18.6 Å². The highest BCUT2D eigenvalue weighted by Crippen LogP contribution is 2.44. The van der Waals surface area contributed by atoms with Crippen LogP contribution in [0.1, 0.15) is 24.5 Å². The summed E-state index contributed by atoms with van der Waals surface area (Å²) in [6.45, 7) is 6.85. The molecule has 0 aliphatic carbocycles. The predicted molar refractivity (Wildman–Crippen MR) is 75.1 cm³/mol. The lowest BCUT2D eigenvalue weighted by Gasteiger charge is -2.40. The summed E-state index contributed by atoms with van der Waals surface area (Å²) in [6, 6.07) is 4.98. The molecule has 1 N–H and O–H groups in total. The highest BCUT2D eigenvalue weighted by Gasteiger charge is 2.30. The molecule has 1 heterocycles. The van der Waals surface area contributed by atoms with E-state index in [2.05, 4.69) is 44.9 Å². The Kier molecular flexibility index (Phi) is 3.69. The molecule has 0 saturated heterocycles. The summed E-state index contributed by atoms with van der Waals surface area (Å²) in [5.74, 6) is 0. The van der Waals surface area contributed by atoms with E-state index in [9.17, 15) is 0 Å². The normalized spacial score (nSPS) is 23.7. The summed E-state index contributed by atoms with van der Waals surface area (Å²) in [4.78, 5) is 3.72. The van der Waals surface area contributed by atoms with Gasteiger partial charge in [0.05, 0.1) is 5.69 Å². The van der Waals surface area contributed by atoms with Gasteiger partial charge in [-0.3, -0.25) is 0 Å². The zero-order valence-corrected chi connectivity index (χ0v) is 11.8. The number of hydrogen-bond donors (Lipinski definition) is 1. The van der Waals surface area contributed by atoms with Gasteiger partial charge >= 0.3 is 0 Å². The summed E-state index contributed by atoms with van der Waals surface area (Å²) < 4.78 is 0. The maximum atomic E-state index is 9.15. The van der Waals surface area contributed by atoms with Gasteiger partial charge in [0.15, 0.2) is 0 Å². The van der Waals surface area contributed by atoms with Crippen molar-refractivity contribution >= 4 is 17.4 Å². The third kappa shape index (κ3) is 2.31. The first kappa shape index (κ1) is 12.8. The van der Waals surface area contributed by atoms with Crippen LogP contribution in [-0.2, 0) is 0 Å². The lowest BCUT2D eigenvalue weighted by molar-refractivity contribution is 0.282. The number of aryl methyl sites for hydroxylation is 2. The Morgan fingerprint density at radius 2 is 2.06 bits per heavy atom. The molecular weight excluding hydrogens is 230 g/mol. The van der Waals surface area contributed by atoms with Gasteiger partial charge in [-0.2, -0.15) is 0 Å². The molecule has 1 aliphatic rings. The molecule has 1 aromatic rings. The van der Waals surface area contributed by atoms with Crippen molar-refractivity contribution in [2.24, 2.45) is 0 Å². The largest absolute Gasteiger partial charge is 0.396 e. The van der Waals surface area contributed by atoms with Crippen molar-refractivity contribution in [3.63, 3.8) is 0 Å². The monoisotopic (exact) mass is 251 g/mol. The van der Waals surface area contributed by atoms with Crippen LogP contribution in [0.5, 0.6) is 0 Å². The van der Waals surface area contributed by atoms with Crippen LogP contribution >= 0.6 is 11.8 Å². The second-order valence-electron chi connectivity index (χ2n) is 4.95. The van der Waals surface area contributed by atoms with Crippen LogP contribution < -0.4 is 4.90 Å². The van der Waals surface area contributed by atoms with Crippen LogP contribution in [0.25, 0.3) is 0 Å². The van der Waals surface area contributed by atoms with E-state index < -0.39 is 0 Å². The number of anilines is 1. The number of thioether (sulfide) groups is 1. The maximum absolute atomic E-state index is 9.15. The average molecular weight is 251 g/mol. The molecule has 0 saturated carbocycles. The van der Waals surface area contributed by atoms with Crippen molar-refractivity contribution < 1.29 is 5.11 Å². The zero-order valence-electron chi connectivity index (χ0n) is 11.0. The highest BCUT2D eigenvalue weighted by molar-refractivity contribution is 8.00. The van der Waals surface area contributed by atoms with Crippen molar-refractivity contribution in [3.05, 3.63) is 23.3 Å². The first-order valence-electron chi connectivity index (χ1n) is 6.16. The Morgan fingerprint density at radius 3 is 2.71 bits per heavy atom. The average Bonchev–Trinajstić information content (AvgIpc) is 2.24. The molecule has 2 nitrogen and oxygen atoms in total. The molecule has 1 aromatic carbocycles. The summed E-state index contributed by atoms with van der Waals surface area (Å²) >= 11 is 1.92. The Labute approximate surface area is 108 Å². The smallest absolute Gasteiger partial charge is 0.0534 e.